The first kappa shape index (κ1) is 13.0. The van der Waals surface area contributed by atoms with Gasteiger partial charge in [-0.1, -0.05) is 13.3 Å². The van der Waals surface area contributed by atoms with Gasteiger partial charge in [-0.2, -0.15) is 0 Å². The number of rotatable bonds is 7. The van der Waals surface area contributed by atoms with Gasteiger partial charge in [0.05, 0.1) is 5.69 Å². The van der Waals surface area contributed by atoms with Crippen molar-refractivity contribution in [2.75, 3.05) is 14.1 Å². The Morgan fingerprint density at radius 2 is 2.18 bits per heavy atom. The Hall–Kier alpha value is -0.450. The Balaban J connectivity index is 2.00. The van der Waals surface area contributed by atoms with E-state index in [4.69, 9.17) is 4.98 Å². The summed E-state index contributed by atoms with van der Waals surface area (Å²) < 4.78 is 0. The first-order chi connectivity index (χ1) is 8.19. The molecule has 0 aliphatic heterocycles. The number of nitrogens with one attached hydrogen (secondary N) is 1. The minimum atomic E-state index is 0.781. The minimum absolute atomic E-state index is 0.781. The lowest BCUT2D eigenvalue weighted by Crippen LogP contribution is -2.15. The fourth-order valence-corrected chi connectivity index (χ4v) is 3.05. The van der Waals surface area contributed by atoms with Crippen molar-refractivity contribution in [3.05, 3.63) is 15.6 Å². The van der Waals surface area contributed by atoms with Crippen LogP contribution < -0.4 is 5.32 Å². The van der Waals surface area contributed by atoms with Gasteiger partial charge in [0.1, 0.15) is 5.01 Å². The quantitative estimate of drug-likeness (QED) is 0.809. The molecule has 0 aromatic carbocycles. The average molecular weight is 253 g/mol. The summed E-state index contributed by atoms with van der Waals surface area (Å²) in [5.74, 6) is 0. The van der Waals surface area contributed by atoms with Crippen LogP contribution in [0.4, 0.5) is 0 Å². The van der Waals surface area contributed by atoms with E-state index in [1.54, 1.807) is 0 Å². The highest BCUT2D eigenvalue weighted by molar-refractivity contribution is 7.11. The van der Waals surface area contributed by atoms with Crippen LogP contribution in [0.3, 0.4) is 0 Å². The van der Waals surface area contributed by atoms with E-state index in [1.165, 1.54) is 34.8 Å². The number of hydrogen-bond donors (Lipinski definition) is 1. The molecule has 0 bridgehead atoms. The molecule has 4 heteroatoms. The number of aryl methyl sites for hydroxylation is 1. The molecule has 1 fully saturated rings. The molecule has 1 heterocycles. The molecule has 3 nitrogen and oxygen atoms in total. The summed E-state index contributed by atoms with van der Waals surface area (Å²) in [5, 5.41) is 4.85. The van der Waals surface area contributed by atoms with E-state index in [0.717, 1.165) is 25.6 Å². The molecule has 1 aromatic rings. The van der Waals surface area contributed by atoms with Crippen molar-refractivity contribution in [3.8, 4) is 0 Å². The van der Waals surface area contributed by atoms with Crippen molar-refractivity contribution in [2.45, 2.75) is 51.7 Å². The van der Waals surface area contributed by atoms with E-state index >= 15 is 0 Å². The number of thiazole rings is 1. The summed E-state index contributed by atoms with van der Waals surface area (Å²) in [6.45, 7) is 4.21. The van der Waals surface area contributed by atoms with E-state index < -0.39 is 0 Å². The van der Waals surface area contributed by atoms with Gasteiger partial charge in [0, 0.05) is 24.0 Å². The predicted octanol–water partition coefficient (Wildman–Crippen LogP) is 2.41. The van der Waals surface area contributed by atoms with Gasteiger partial charge in [-0.05, 0) is 33.4 Å². The first-order valence-electron chi connectivity index (χ1n) is 6.54. The Bertz CT molecular complexity index is 356. The molecule has 17 heavy (non-hydrogen) atoms. The van der Waals surface area contributed by atoms with Crippen LogP contribution in [0.2, 0.25) is 0 Å². The highest BCUT2D eigenvalue weighted by atomic mass is 32.1. The Morgan fingerprint density at radius 3 is 2.76 bits per heavy atom. The highest BCUT2D eigenvalue weighted by Gasteiger charge is 2.21. The summed E-state index contributed by atoms with van der Waals surface area (Å²) in [5.41, 5.74) is 1.32. The van der Waals surface area contributed by atoms with Gasteiger partial charge in [0.2, 0.25) is 0 Å². The summed E-state index contributed by atoms with van der Waals surface area (Å²) >= 11 is 1.88. The largest absolute Gasteiger partial charge is 0.309 e. The van der Waals surface area contributed by atoms with Gasteiger partial charge in [-0.3, -0.25) is 0 Å². The van der Waals surface area contributed by atoms with Gasteiger partial charge in [0.15, 0.2) is 0 Å². The van der Waals surface area contributed by atoms with Crippen molar-refractivity contribution in [3.63, 3.8) is 0 Å². The molecule has 0 radical (unpaired) electrons. The molecule has 1 aliphatic rings. The van der Waals surface area contributed by atoms with Crippen LogP contribution in [-0.2, 0) is 19.5 Å². The van der Waals surface area contributed by atoms with Gasteiger partial charge < -0.3 is 10.2 Å². The topological polar surface area (TPSA) is 28.2 Å². The van der Waals surface area contributed by atoms with Gasteiger partial charge >= 0.3 is 0 Å². The van der Waals surface area contributed by atoms with Gasteiger partial charge in [-0.25, -0.2) is 4.98 Å². The van der Waals surface area contributed by atoms with Crippen molar-refractivity contribution in [1.82, 2.24) is 15.2 Å². The lowest BCUT2D eigenvalue weighted by molar-refractivity contribution is 0.401. The third-order valence-corrected chi connectivity index (χ3v) is 3.97. The fourth-order valence-electron chi connectivity index (χ4n) is 1.87. The monoisotopic (exact) mass is 253 g/mol. The molecule has 1 aromatic heterocycles. The number of nitrogens with zero attached hydrogens (tertiary/aromatic N) is 2. The van der Waals surface area contributed by atoms with E-state index in [0.29, 0.717) is 0 Å². The Kier molecular flexibility index (Phi) is 4.54. The molecule has 0 spiro atoms. The maximum absolute atomic E-state index is 4.78. The van der Waals surface area contributed by atoms with Crippen molar-refractivity contribution < 1.29 is 0 Å². The molecular formula is C13H23N3S. The van der Waals surface area contributed by atoms with E-state index in [2.05, 4.69) is 31.2 Å². The van der Waals surface area contributed by atoms with Gasteiger partial charge in [0.25, 0.3) is 0 Å². The number of hydrogen-bond acceptors (Lipinski definition) is 4. The minimum Gasteiger partial charge on any atom is -0.309 e. The van der Waals surface area contributed by atoms with E-state index in [-0.39, 0.29) is 0 Å². The molecule has 0 unspecified atom stereocenters. The third-order valence-electron chi connectivity index (χ3n) is 2.89. The van der Waals surface area contributed by atoms with Crippen molar-refractivity contribution in [2.24, 2.45) is 0 Å². The van der Waals surface area contributed by atoms with Crippen LogP contribution in [0.25, 0.3) is 0 Å². The molecule has 0 amide bonds. The highest BCUT2D eigenvalue weighted by Crippen LogP contribution is 2.24. The van der Waals surface area contributed by atoms with Crippen LogP contribution in [0.1, 0.15) is 41.8 Å². The summed E-state index contributed by atoms with van der Waals surface area (Å²) in [7, 11) is 4.20. The molecule has 2 rings (SSSR count). The molecule has 1 aliphatic carbocycles. The van der Waals surface area contributed by atoms with Gasteiger partial charge in [-0.15, -0.1) is 11.3 Å². The SMILES string of the molecule is CCCc1nc(CN(C)C)sc1CNC1CC1. The summed E-state index contributed by atoms with van der Waals surface area (Å²) in [6, 6.07) is 0.781. The van der Waals surface area contributed by atoms with Crippen LogP contribution in [0.5, 0.6) is 0 Å². The molecule has 96 valence electrons. The van der Waals surface area contributed by atoms with Crippen molar-refractivity contribution >= 4 is 11.3 Å². The zero-order valence-electron chi connectivity index (χ0n) is 11.1. The van der Waals surface area contributed by atoms with E-state index in [1.807, 2.05) is 11.3 Å². The molecule has 0 atom stereocenters. The maximum atomic E-state index is 4.78. The fraction of sp³-hybridized carbons (Fsp3) is 0.769. The summed E-state index contributed by atoms with van der Waals surface area (Å²) in [6.07, 6.45) is 5.01. The van der Waals surface area contributed by atoms with Crippen LogP contribution >= 0.6 is 11.3 Å². The second kappa shape index (κ2) is 5.94. The predicted molar refractivity (Wildman–Crippen MR) is 73.4 cm³/mol. The molecular weight excluding hydrogens is 230 g/mol. The van der Waals surface area contributed by atoms with Crippen LogP contribution in [0.15, 0.2) is 0 Å². The van der Waals surface area contributed by atoms with Crippen molar-refractivity contribution in [1.29, 1.82) is 0 Å². The first-order valence-corrected chi connectivity index (χ1v) is 7.36. The van der Waals surface area contributed by atoms with Crippen LogP contribution in [0, 0.1) is 0 Å². The molecule has 0 saturated heterocycles. The smallest absolute Gasteiger partial charge is 0.107 e. The third kappa shape index (κ3) is 4.05. The second-order valence-corrected chi connectivity index (χ2v) is 6.29. The zero-order chi connectivity index (χ0) is 12.3. The summed E-state index contributed by atoms with van der Waals surface area (Å²) in [4.78, 5) is 8.42. The molecule has 1 saturated carbocycles. The standard InChI is InChI=1S/C13H23N3S/c1-4-5-11-12(8-14-10-6-7-10)17-13(15-11)9-16(2)3/h10,14H,4-9H2,1-3H3. The Morgan fingerprint density at radius 1 is 1.41 bits per heavy atom. The zero-order valence-corrected chi connectivity index (χ0v) is 11.9. The molecule has 1 N–H and O–H groups in total. The second-order valence-electron chi connectivity index (χ2n) is 5.12. The van der Waals surface area contributed by atoms with E-state index in [9.17, 15) is 0 Å². The maximum Gasteiger partial charge on any atom is 0.107 e. The lowest BCUT2D eigenvalue weighted by atomic mass is 10.2. The number of aromatic nitrogens is 1. The van der Waals surface area contributed by atoms with Crippen LogP contribution in [-0.4, -0.2) is 30.0 Å². The normalized spacial score (nSPS) is 15.8. The average Bonchev–Trinajstić information content (AvgIpc) is 3.00. The lowest BCUT2D eigenvalue weighted by Gasteiger charge is -2.04. The Labute approximate surface area is 108 Å².